The van der Waals surface area contributed by atoms with Crippen molar-refractivity contribution in [3.63, 3.8) is 0 Å². The molecule has 0 saturated carbocycles. The average Bonchev–Trinajstić information content (AvgIpc) is 3.17. The van der Waals surface area contributed by atoms with Crippen molar-refractivity contribution in [1.82, 2.24) is 0 Å². The minimum absolute atomic E-state index is 0.453. The lowest BCUT2D eigenvalue weighted by molar-refractivity contribution is 0.108. The zero-order chi connectivity index (χ0) is 36.6. The Bertz CT molecular complexity index is 1440. The zero-order valence-corrected chi connectivity index (χ0v) is 32.8. The molecule has 2 aliphatic heterocycles. The van der Waals surface area contributed by atoms with Gasteiger partial charge in [-0.15, -0.1) is 0 Å². The molecule has 10 heteroatoms. The van der Waals surface area contributed by atoms with E-state index >= 15 is 0 Å². The summed E-state index contributed by atoms with van der Waals surface area (Å²) in [6.45, 7) is 6.51. The van der Waals surface area contributed by atoms with Gasteiger partial charge in [-0.3, -0.25) is 0 Å². The molecule has 3 aliphatic rings. The van der Waals surface area contributed by atoms with Crippen molar-refractivity contribution in [2.24, 2.45) is 0 Å². The van der Waals surface area contributed by atoms with E-state index in [9.17, 15) is 0 Å². The van der Waals surface area contributed by atoms with Crippen LogP contribution in [-0.4, -0.2) is 102 Å². The van der Waals surface area contributed by atoms with Crippen LogP contribution in [0.1, 0.15) is 44.5 Å². The predicted molar refractivity (Wildman–Crippen MR) is 217 cm³/mol. The molecule has 1 aliphatic carbocycles. The average molecular weight is 773 g/mol. The number of para-hydroxylation sites is 4. The van der Waals surface area contributed by atoms with Crippen LogP contribution in [0.25, 0.3) is 0 Å². The van der Waals surface area contributed by atoms with Gasteiger partial charge in [-0.05, 0) is 44.5 Å². The standard InChI is InChI=1S/C44H52O8S2/c1-5-33-29-35-7-2-9-37-31-39-11-4-12-40-32-38-10-3-8-36(43(38)51-19-15-47-23-27-54-26-22-46-14-18-50-42(35)37)30-34(6-1)41(33)49-17-13-45-21-25-53-28-24-48-16-20-52-44(39)40/h1-12H,13-32H2. The third kappa shape index (κ3) is 10.9. The molecule has 0 fully saturated rings. The summed E-state index contributed by atoms with van der Waals surface area (Å²) in [6.07, 6.45) is 2.57. The quantitative estimate of drug-likeness (QED) is 0.159. The van der Waals surface area contributed by atoms with E-state index in [4.69, 9.17) is 37.9 Å². The summed E-state index contributed by atoms with van der Waals surface area (Å²) in [7, 11) is 0. The van der Waals surface area contributed by atoms with Crippen LogP contribution in [0.3, 0.4) is 0 Å². The van der Waals surface area contributed by atoms with Crippen LogP contribution in [0.4, 0.5) is 0 Å². The molecule has 0 atom stereocenters. The summed E-state index contributed by atoms with van der Waals surface area (Å²) < 4.78 is 50.9. The van der Waals surface area contributed by atoms with Gasteiger partial charge in [-0.1, -0.05) is 72.8 Å². The Hall–Kier alpha value is -3.38. The summed E-state index contributed by atoms with van der Waals surface area (Å²) in [6, 6.07) is 26.0. The van der Waals surface area contributed by atoms with Crippen LogP contribution in [0, 0.1) is 0 Å². The fourth-order valence-electron chi connectivity index (χ4n) is 7.12. The first-order valence-electron chi connectivity index (χ1n) is 19.2. The van der Waals surface area contributed by atoms with Crippen LogP contribution in [-0.2, 0) is 44.6 Å². The monoisotopic (exact) mass is 772 g/mol. The summed E-state index contributed by atoms with van der Waals surface area (Å²) in [5.41, 5.74) is 8.84. The number of hydrogen-bond donors (Lipinski definition) is 0. The fourth-order valence-corrected chi connectivity index (χ4v) is 8.47. The van der Waals surface area contributed by atoms with Crippen molar-refractivity contribution in [2.45, 2.75) is 25.7 Å². The summed E-state index contributed by atoms with van der Waals surface area (Å²) in [4.78, 5) is 0. The van der Waals surface area contributed by atoms with Crippen molar-refractivity contribution in [1.29, 1.82) is 0 Å². The van der Waals surface area contributed by atoms with Gasteiger partial charge in [0.2, 0.25) is 0 Å². The lowest BCUT2D eigenvalue weighted by atomic mass is 9.91. The van der Waals surface area contributed by atoms with Gasteiger partial charge in [-0.25, -0.2) is 0 Å². The van der Waals surface area contributed by atoms with Gasteiger partial charge in [0.15, 0.2) is 0 Å². The highest BCUT2D eigenvalue weighted by Crippen LogP contribution is 2.39. The van der Waals surface area contributed by atoms with Crippen molar-refractivity contribution in [3.8, 4) is 23.0 Å². The topological polar surface area (TPSA) is 73.8 Å². The molecule has 4 aromatic rings. The molecular weight excluding hydrogens is 721 g/mol. The third-order valence-electron chi connectivity index (χ3n) is 9.62. The number of ether oxygens (including phenoxy) is 8. The highest BCUT2D eigenvalue weighted by molar-refractivity contribution is 7.99. The van der Waals surface area contributed by atoms with Gasteiger partial charge in [-0.2, -0.15) is 23.5 Å². The van der Waals surface area contributed by atoms with Gasteiger partial charge in [0.05, 0.1) is 52.9 Å². The maximum atomic E-state index is 6.71. The van der Waals surface area contributed by atoms with E-state index in [1.54, 1.807) is 0 Å². The second-order valence-electron chi connectivity index (χ2n) is 13.4. The second-order valence-corrected chi connectivity index (χ2v) is 15.8. The smallest absolute Gasteiger partial charge is 0.126 e. The van der Waals surface area contributed by atoms with Crippen molar-refractivity contribution < 1.29 is 37.9 Å². The van der Waals surface area contributed by atoms with Gasteiger partial charge in [0.1, 0.15) is 49.4 Å². The lowest BCUT2D eigenvalue weighted by Gasteiger charge is -2.23. The summed E-state index contributed by atoms with van der Waals surface area (Å²) >= 11 is 3.68. The molecule has 0 amide bonds. The number of hydrogen-bond acceptors (Lipinski definition) is 10. The molecule has 0 unspecified atom stereocenters. The van der Waals surface area contributed by atoms with Gasteiger partial charge in [0.25, 0.3) is 0 Å². The van der Waals surface area contributed by atoms with Crippen LogP contribution < -0.4 is 18.9 Å². The molecule has 12 bridgehead atoms. The number of benzene rings is 4. The lowest BCUT2D eigenvalue weighted by Crippen LogP contribution is -2.15. The van der Waals surface area contributed by atoms with Gasteiger partial charge >= 0.3 is 0 Å². The Kier molecular flexibility index (Phi) is 15.2. The van der Waals surface area contributed by atoms with E-state index in [1.165, 1.54) is 0 Å². The second kappa shape index (κ2) is 21.1. The van der Waals surface area contributed by atoms with E-state index in [0.717, 1.165) is 90.5 Å². The number of rotatable bonds is 0. The van der Waals surface area contributed by atoms with Crippen molar-refractivity contribution in [3.05, 3.63) is 117 Å². The van der Waals surface area contributed by atoms with Crippen LogP contribution in [0.5, 0.6) is 23.0 Å². The molecule has 0 saturated heterocycles. The molecule has 2 heterocycles. The largest absolute Gasteiger partial charge is 0.491 e. The molecule has 0 N–H and O–H groups in total. The fraction of sp³-hybridized carbons (Fsp3) is 0.455. The minimum Gasteiger partial charge on any atom is -0.491 e. The molecule has 0 radical (unpaired) electrons. The van der Waals surface area contributed by atoms with E-state index in [-0.39, 0.29) is 0 Å². The van der Waals surface area contributed by atoms with Crippen LogP contribution in [0.2, 0.25) is 0 Å². The third-order valence-corrected chi connectivity index (χ3v) is 11.4. The number of thioether (sulfide) groups is 2. The molecule has 4 aromatic carbocycles. The van der Waals surface area contributed by atoms with Crippen LogP contribution in [0.15, 0.2) is 72.8 Å². The molecular formula is C44H52O8S2. The first-order valence-corrected chi connectivity index (χ1v) is 21.5. The molecule has 8 nitrogen and oxygen atoms in total. The van der Waals surface area contributed by atoms with Crippen molar-refractivity contribution >= 4 is 23.5 Å². The SMILES string of the molecule is c1cc2c3c(c1)Cc1cccc4c1OCCOCCSCCOCCOc1c(cccc1Cc1cccc(c1OCCOCCSCCOCCO3)C4)C2. The summed E-state index contributed by atoms with van der Waals surface area (Å²) in [5.74, 6) is 7.20. The predicted octanol–water partition coefficient (Wildman–Crippen LogP) is 7.44. The van der Waals surface area contributed by atoms with Crippen molar-refractivity contribution in [2.75, 3.05) is 102 Å². The Morgan fingerprint density at radius 2 is 0.500 bits per heavy atom. The Balaban J connectivity index is 1.38. The highest BCUT2D eigenvalue weighted by atomic mass is 32.2. The van der Waals surface area contributed by atoms with E-state index in [1.807, 2.05) is 23.5 Å². The summed E-state index contributed by atoms with van der Waals surface area (Å²) in [5, 5.41) is 0. The Labute approximate surface area is 328 Å². The minimum atomic E-state index is 0.453. The van der Waals surface area contributed by atoms with E-state index in [2.05, 4.69) is 72.8 Å². The highest BCUT2D eigenvalue weighted by Gasteiger charge is 2.22. The molecule has 0 aromatic heterocycles. The molecule has 0 spiro atoms. The van der Waals surface area contributed by atoms with Gasteiger partial charge in [0, 0.05) is 48.7 Å². The van der Waals surface area contributed by atoms with E-state index in [0.29, 0.717) is 105 Å². The first kappa shape index (κ1) is 38.9. The normalized spacial score (nSPS) is 18.5. The molecule has 288 valence electrons. The molecule has 7 rings (SSSR count). The maximum absolute atomic E-state index is 6.71. The maximum Gasteiger partial charge on any atom is 0.126 e. The molecule has 54 heavy (non-hydrogen) atoms. The zero-order valence-electron chi connectivity index (χ0n) is 31.2. The Morgan fingerprint density at radius 1 is 0.278 bits per heavy atom. The van der Waals surface area contributed by atoms with E-state index < -0.39 is 0 Å². The van der Waals surface area contributed by atoms with Crippen LogP contribution >= 0.6 is 23.5 Å². The van der Waals surface area contributed by atoms with Gasteiger partial charge < -0.3 is 37.9 Å². The first-order chi connectivity index (χ1) is 26.8. The Morgan fingerprint density at radius 3 is 0.722 bits per heavy atom.